The lowest BCUT2D eigenvalue weighted by Crippen LogP contribution is -2.14. The first-order valence-corrected chi connectivity index (χ1v) is 9.38. The molecule has 0 aliphatic rings. The van der Waals surface area contributed by atoms with Crippen LogP contribution in [0, 0.1) is 0 Å². The Labute approximate surface area is 148 Å². The fraction of sp³-hybridized carbons (Fsp3) is 1.00. The molecule has 0 N–H and O–H groups in total. The maximum Gasteiger partial charge on any atom is 0.0701 e. The summed E-state index contributed by atoms with van der Waals surface area (Å²) in [7, 11) is 0. The number of hydrogen-bond acceptors (Lipinski definition) is 6. The van der Waals surface area contributed by atoms with Crippen LogP contribution in [0.5, 0.6) is 0 Å². The fourth-order valence-electron chi connectivity index (χ4n) is 1.80. The van der Waals surface area contributed by atoms with E-state index in [4.69, 9.17) is 28.4 Å². The maximum atomic E-state index is 5.45. The van der Waals surface area contributed by atoms with Gasteiger partial charge in [-0.1, -0.05) is 26.7 Å². The van der Waals surface area contributed by atoms with E-state index in [0.717, 1.165) is 26.1 Å². The molecule has 0 fully saturated rings. The molecule has 0 radical (unpaired) electrons. The Bertz CT molecular complexity index is 194. The molecule has 0 amide bonds. The van der Waals surface area contributed by atoms with Gasteiger partial charge in [-0.15, -0.1) is 0 Å². The van der Waals surface area contributed by atoms with E-state index in [1.54, 1.807) is 0 Å². The highest BCUT2D eigenvalue weighted by Gasteiger charge is 1.94. The lowest BCUT2D eigenvalue weighted by molar-refractivity contribution is -0.0168. The summed E-state index contributed by atoms with van der Waals surface area (Å²) < 4.78 is 32.4. The summed E-state index contributed by atoms with van der Waals surface area (Å²) >= 11 is 0. The Morgan fingerprint density at radius 3 is 1.00 bits per heavy atom. The summed E-state index contributed by atoms with van der Waals surface area (Å²) in [5, 5.41) is 0. The van der Waals surface area contributed by atoms with Gasteiger partial charge in [0.05, 0.1) is 66.1 Å². The Balaban J connectivity index is 2.93. The molecule has 0 bridgehead atoms. The van der Waals surface area contributed by atoms with Crippen molar-refractivity contribution in [3.8, 4) is 0 Å². The van der Waals surface area contributed by atoms with Crippen LogP contribution in [0.2, 0.25) is 0 Å². The maximum absolute atomic E-state index is 5.45. The van der Waals surface area contributed by atoms with Gasteiger partial charge in [-0.2, -0.15) is 0 Å². The van der Waals surface area contributed by atoms with Crippen molar-refractivity contribution in [2.75, 3.05) is 79.3 Å². The Kier molecular flexibility index (Phi) is 22.5. The zero-order valence-corrected chi connectivity index (χ0v) is 15.8. The first-order chi connectivity index (χ1) is 11.9. The number of unbranched alkanes of at least 4 members (excludes halogenated alkanes) is 2. The van der Waals surface area contributed by atoms with Crippen molar-refractivity contribution in [2.24, 2.45) is 0 Å². The average Bonchev–Trinajstić information content (AvgIpc) is 2.60. The van der Waals surface area contributed by atoms with Crippen LogP contribution < -0.4 is 0 Å². The van der Waals surface area contributed by atoms with Gasteiger partial charge in [0.25, 0.3) is 0 Å². The smallest absolute Gasteiger partial charge is 0.0701 e. The van der Waals surface area contributed by atoms with Crippen LogP contribution in [0.1, 0.15) is 39.5 Å². The molecule has 0 aromatic rings. The summed E-state index contributed by atoms with van der Waals surface area (Å²) in [6, 6.07) is 0. The molecule has 0 aliphatic heterocycles. The highest BCUT2D eigenvalue weighted by Crippen LogP contribution is 1.93. The van der Waals surface area contributed by atoms with Gasteiger partial charge >= 0.3 is 0 Å². The highest BCUT2D eigenvalue weighted by molar-refractivity contribution is 4.38. The van der Waals surface area contributed by atoms with Crippen LogP contribution >= 0.6 is 0 Å². The molecule has 0 rings (SSSR count). The van der Waals surface area contributed by atoms with E-state index in [0.29, 0.717) is 66.1 Å². The van der Waals surface area contributed by atoms with Crippen molar-refractivity contribution >= 4 is 0 Å². The highest BCUT2D eigenvalue weighted by atomic mass is 16.6. The number of hydrogen-bond donors (Lipinski definition) is 0. The van der Waals surface area contributed by atoms with Crippen molar-refractivity contribution in [1.29, 1.82) is 0 Å². The third-order valence-corrected chi connectivity index (χ3v) is 3.10. The molecule has 0 saturated heterocycles. The van der Waals surface area contributed by atoms with Gasteiger partial charge in [0.1, 0.15) is 0 Å². The number of rotatable bonds is 21. The molecule has 0 heterocycles. The minimum atomic E-state index is 0.580. The van der Waals surface area contributed by atoms with Crippen LogP contribution in [-0.2, 0) is 28.4 Å². The first-order valence-electron chi connectivity index (χ1n) is 9.38. The van der Waals surface area contributed by atoms with Crippen molar-refractivity contribution in [1.82, 2.24) is 0 Å². The van der Waals surface area contributed by atoms with Crippen molar-refractivity contribution in [3.63, 3.8) is 0 Å². The van der Waals surface area contributed by atoms with Gasteiger partial charge in [0.15, 0.2) is 0 Å². The Hall–Kier alpha value is -0.240. The van der Waals surface area contributed by atoms with E-state index < -0.39 is 0 Å². The minimum Gasteiger partial charge on any atom is -0.379 e. The van der Waals surface area contributed by atoms with Crippen LogP contribution in [0.4, 0.5) is 0 Å². The Morgan fingerprint density at radius 1 is 0.333 bits per heavy atom. The molecule has 0 unspecified atom stereocenters. The van der Waals surface area contributed by atoms with Gasteiger partial charge in [-0.25, -0.2) is 0 Å². The van der Waals surface area contributed by atoms with Gasteiger partial charge in [-0.05, 0) is 12.8 Å². The summed E-state index contributed by atoms with van der Waals surface area (Å²) in [5.41, 5.74) is 0. The van der Waals surface area contributed by atoms with Crippen LogP contribution in [0.15, 0.2) is 0 Å². The minimum absolute atomic E-state index is 0.580. The summed E-state index contributed by atoms with van der Waals surface area (Å²) in [4.78, 5) is 0. The van der Waals surface area contributed by atoms with Crippen molar-refractivity contribution in [2.45, 2.75) is 39.5 Å². The van der Waals surface area contributed by atoms with E-state index in [9.17, 15) is 0 Å². The summed E-state index contributed by atoms with van der Waals surface area (Å²) in [6.07, 6.45) is 4.64. The molecule has 146 valence electrons. The van der Waals surface area contributed by atoms with E-state index in [2.05, 4.69) is 13.8 Å². The van der Waals surface area contributed by atoms with E-state index >= 15 is 0 Å². The second-order valence-electron chi connectivity index (χ2n) is 5.38. The van der Waals surface area contributed by atoms with Crippen LogP contribution in [-0.4, -0.2) is 79.3 Å². The third kappa shape index (κ3) is 21.8. The van der Waals surface area contributed by atoms with Crippen LogP contribution in [0.25, 0.3) is 0 Å². The first kappa shape index (κ1) is 23.8. The second kappa shape index (κ2) is 22.8. The monoisotopic (exact) mass is 350 g/mol. The third-order valence-electron chi connectivity index (χ3n) is 3.10. The van der Waals surface area contributed by atoms with Gasteiger partial charge in [-0.3, -0.25) is 0 Å². The fourth-order valence-corrected chi connectivity index (χ4v) is 1.80. The average molecular weight is 350 g/mol. The molecule has 6 heteroatoms. The van der Waals surface area contributed by atoms with Crippen molar-refractivity contribution in [3.05, 3.63) is 0 Å². The van der Waals surface area contributed by atoms with E-state index in [-0.39, 0.29) is 0 Å². The van der Waals surface area contributed by atoms with Crippen molar-refractivity contribution < 1.29 is 28.4 Å². The largest absolute Gasteiger partial charge is 0.379 e. The molecular weight excluding hydrogens is 312 g/mol. The van der Waals surface area contributed by atoms with Gasteiger partial charge in [0.2, 0.25) is 0 Å². The summed E-state index contributed by atoms with van der Waals surface area (Å²) in [5.74, 6) is 0. The SMILES string of the molecule is CCCCCOCCOCCOCCOCCOCCOCCC. The molecule has 24 heavy (non-hydrogen) atoms. The molecule has 0 aliphatic carbocycles. The lowest BCUT2D eigenvalue weighted by Gasteiger charge is -2.08. The lowest BCUT2D eigenvalue weighted by atomic mass is 10.3. The molecule has 6 nitrogen and oxygen atoms in total. The second-order valence-corrected chi connectivity index (χ2v) is 5.38. The predicted octanol–water partition coefficient (Wildman–Crippen LogP) is 2.69. The zero-order chi connectivity index (χ0) is 17.6. The molecule has 0 saturated carbocycles. The molecule has 0 spiro atoms. The predicted molar refractivity (Wildman–Crippen MR) is 94.7 cm³/mol. The standard InChI is InChI=1S/C18H38O6/c1-3-5-6-8-20-10-12-22-14-16-24-18-17-23-15-13-21-11-9-19-7-4-2/h3-18H2,1-2H3. The number of ether oxygens (including phenoxy) is 6. The zero-order valence-electron chi connectivity index (χ0n) is 15.8. The molecular formula is C18H38O6. The molecule has 0 atom stereocenters. The quantitative estimate of drug-likeness (QED) is 0.297. The normalized spacial score (nSPS) is 11.2. The van der Waals surface area contributed by atoms with E-state index in [1.807, 2.05) is 0 Å². The van der Waals surface area contributed by atoms with Gasteiger partial charge in [0, 0.05) is 13.2 Å². The van der Waals surface area contributed by atoms with Crippen LogP contribution in [0.3, 0.4) is 0 Å². The molecule has 0 aromatic heterocycles. The van der Waals surface area contributed by atoms with E-state index in [1.165, 1.54) is 12.8 Å². The Morgan fingerprint density at radius 2 is 0.667 bits per heavy atom. The van der Waals surface area contributed by atoms with Gasteiger partial charge < -0.3 is 28.4 Å². The molecule has 0 aromatic carbocycles. The topological polar surface area (TPSA) is 55.4 Å². The summed E-state index contributed by atoms with van der Waals surface area (Å²) in [6.45, 7) is 12.0.